The summed E-state index contributed by atoms with van der Waals surface area (Å²) in [5.74, 6) is -0.962. The number of rotatable bonds is 4. The molecule has 1 amide bonds. The molecule has 0 aromatic heterocycles. The second kappa shape index (κ2) is 6.93. The van der Waals surface area contributed by atoms with Crippen LogP contribution in [-0.4, -0.2) is 23.3 Å². The number of benzene rings is 2. The fourth-order valence-corrected chi connectivity index (χ4v) is 3.69. The molecule has 2 aliphatic rings. The molecule has 26 heavy (non-hydrogen) atoms. The number of hydrogen-bond acceptors (Lipinski definition) is 3. The highest BCUT2D eigenvalue weighted by molar-refractivity contribution is 6.33. The SMILES string of the molecule is O=C1O[C@H](c2cccc(Cl)c2)[C@@H](c2ccc(Cl)cc2)N(CC2CC2)C1=O. The number of carbonyl (C=O) groups excluding carboxylic acids is 2. The van der Waals surface area contributed by atoms with Crippen LogP contribution in [0.3, 0.4) is 0 Å². The van der Waals surface area contributed by atoms with E-state index in [1.807, 2.05) is 24.3 Å². The second-order valence-corrected chi connectivity index (χ2v) is 7.65. The lowest BCUT2D eigenvalue weighted by atomic mass is 9.92. The lowest BCUT2D eigenvalue weighted by molar-refractivity contribution is -0.179. The summed E-state index contributed by atoms with van der Waals surface area (Å²) in [6, 6.07) is 14.1. The summed E-state index contributed by atoms with van der Waals surface area (Å²) in [6.07, 6.45) is 1.54. The average molecular weight is 390 g/mol. The van der Waals surface area contributed by atoms with E-state index < -0.39 is 24.0 Å². The van der Waals surface area contributed by atoms with Gasteiger partial charge in [-0.15, -0.1) is 0 Å². The van der Waals surface area contributed by atoms with Crippen molar-refractivity contribution < 1.29 is 14.3 Å². The lowest BCUT2D eigenvalue weighted by Gasteiger charge is -2.40. The topological polar surface area (TPSA) is 46.6 Å². The smallest absolute Gasteiger partial charge is 0.397 e. The van der Waals surface area contributed by atoms with Crippen LogP contribution in [0.1, 0.15) is 36.1 Å². The molecule has 0 N–H and O–H groups in total. The molecule has 0 unspecified atom stereocenters. The van der Waals surface area contributed by atoms with E-state index in [9.17, 15) is 9.59 Å². The van der Waals surface area contributed by atoms with E-state index in [2.05, 4.69) is 0 Å². The van der Waals surface area contributed by atoms with Gasteiger partial charge in [0.2, 0.25) is 0 Å². The van der Waals surface area contributed by atoms with E-state index in [1.165, 1.54) is 0 Å². The van der Waals surface area contributed by atoms with Gasteiger partial charge in [0, 0.05) is 16.6 Å². The van der Waals surface area contributed by atoms with Crippen LogP contribution in [0.4, 0.5) is 0 Å². The molecule has 4 rings (SSSR count). The maximum Gasteiger partial charge on any atom is 0.397 e. The molecule has 1 aliphatic carbocycles. The molecule has 1 saturated heterocycles. The van der Waals surface area contributed by atoms with E-state index in [1.54, 1.807) is 29.2 Å². The van der Waals surface area contributed by atoms with Crippen LogP contribution in [0.2, 0.25) is 10.0 Å². The standard InChI is InChI=1S/C20H17Cl2NO3/c21-15-8-6-13(7-9-15)17-18(14-2-1-3-16(22)10-14)26-20(25)19(24)23(17)11-12-4-5-12/h1-3,6-10,12,17-18H,4-5,11H2/t17-,18-/m1/s1. The number of esters is 1. The number of nitrogens with zero attached hydrogens (tertiary/aromatic N) is 1. The number of hydrogen-bond donors (Lipinski definition) is 0. The molecule has 6 heteroatoms. The molecular weight excluding hydrogens is 373 g/mol. The van der Waals surface area contributed by atoms with Crippen molar-refractivity contribution in [2.45, 2.75) is 25.0 Å². The predicted octanol–water partition coefficient (Wildman–Crippen LogP) is 4.57. The summed E-state index contributed by atoms with van der Waals surface area (Å²) in [5.41, 5.74) is 1.64. The van der Waals surface area contributed by atoms with E-state index in [0.29, 0.717) is 22.5 Å². The van der Waals surface area contributed by atoms with Gasteiger partial charge >= 0.3 is 11.9 Å². The molecule has 2 aromatic rings. The maximum absolute atomic E-state index is 12.6. The molecule has 134 valence electrons. The van der Waals surface area contributed by atoms with Crippen LogP contribution < -0.4 is 0 Å². The first-order chi connectivity index (χ1) is 12.5. The Balaban J connectivity index is 1.79. The normalized spacial score (nSPS) is 23.1. The molecule has 1 heterocycles. The Morgan fingerprint density at radius 3 is 2.35 bits per heavy atom. The zero-order valence-electron chi connectivity index (χ0n) is 13.9. The van der Waals surface area contributed by atoms with Crippen molar-refractivity contribution in [2.75, 3.05) is 6.54 Å². The van der Waals surface area contributed by atoms with Crippen molar-refractivity contribution >= 4 is 35.1 Å². The number of carbonyl (C=O) groups is 2. The highest BCUT2D eigenvalue weighted by Gasteiger charge is 2.45. The minimum atomic E-state index is -0.819. The molecule has 2 fully saturated rings. The third-order valence-corrected chi connectivity index (χ3v) is 5.32. The Hall–Kier alpha value is -2.04. The maximum atomic E-state index is 12.6. The van der Waals surface area contributed by atoms with Gasteiger partial charge in [0.15, 0.2) is 6.10 Å². The van der Waals surface area contributed by atoms with Crippen molar-refractivity contribution in [3.05, 3.63) is 69.7 Å². The van der Waals surface area contributed by atoms with Crippen LogP contribution in [0.25, 0.3) is 0 Å². The molecule has 0 bridgehead atoms. The Morgan fingerprint density at radius 1 is 0.962 bits per heavy atom. The molecular formula is C20H17Cl2NO3. The monoisotopic (exact) mass is 389 g/mol. The summed E-state index contributed by atoms with van der Waals surface area (Å²) in [6.45, 7) is 0.554. The van der Waals surface area contributed by atoms with Gasteiger partial charge in [-0.25, -0.2) is 4.79 Å². The van der Waals surface area contributed by atoms with Crippen LogP contribution >= 0.6 is 23.2 Å². The summed E-state index contributed by atoms with van der Waals surface area (Å²) in [5, 5.41) is 1.17. The molecule has 2 atom stereocenters. The van der Waals surface area contributed by atoms with E-state index >= 15 is 0 Å². The van der Waals surface area contributed by atoms with Gasteiger partial charge in [-0.05, 0) is 54.2 Å². The molecule has 2 aromatic carbocycles. The Morgan fingerprint density at radius 2 is 1.69 bits per heavy atom. The highest BCUT2D eigenvalue weighted by atomic mass is 35.5. The molecule has 4 nitrogen and oxygen atoms in total. The minimum absolute atomic E-state index is 0.406. The zero-order valence-corrected chi connectivity index (χ0v) is 15.4. The first kappa shape index (κ1) is 17.4. The Bertz CT molecular complexity index is 848. The number of morpholine rings is 1. The molecule has 0 spiro atoms. The van der Waals surface area contributed by atoms with Crippen molar-refractivity contribution in [3.8, 4) is 0 Å². The molecule has 0 radical (unpaired) electrons. The van der Waals surface area contributed by atoms with E-state index in [4.69, 9.17) is 27.9 Å². The number of halogens is 2. The van der Waals surface area contributed by atoms with Gasteiger partial charge in [0.25, 0.3) is 0 Å². The van der Waals surface area contributed by atoms with Crippen molar-refractivity contribution in [1.29, 1.82) is 0 Å². The fourth-order valence-electron chi connectivity index (χ4n) is 3.36. The quantitative estimate of drug-likeness (QED) is 0.568. The number of ether oxygens (including phenoxy) is 1. The summed E-state index contributed by atoms with van der Waals surface area (Å²) in [7, 11) is 0. The predicted molar refractivity (Wildman–Crippen MR) is 98.9 cm³/mol. The third kappa shape index (κ3) is 3.44. The van der Waals surface area contributed by atoms with E-state index in [-0.39, 0.29) is 0 Å². The Kier molecular flexibility index (Phi) is 4.63. The average Bonchev–Trinajstić information content (AvgIpc) is 3.44. The van der Waals surface area contributed by atoms with E-state index in [0.717, 1.165) is 24.0 Å². The fraction of sp³-hybridized carbons (Fsp3) is 0.300. The summed E-state index contributed by atoms with van der Waals surface area (Å²) in [4.78, 5) is 26.5. The van der Waals surface area contributed by atoms with Crippen LogP contribution in [-0.2, 0) is 14.3 Å². The van der Waals surface area contributed by atoms with Gasteiger partial charge in [0.1, 0.15) is 0 Å². The summed E-state index contributed by atoms with van der Waals surface area (Å²) < 4.78 is 5.55. The highest BCUT2D eigenvalue weighted by Crippen LogP contribution is 2.43. The number of amides is 1. The van der Waals surface area contributed by atoms with Crippen molar-refractivity contribution in [1.82, 2.24) is 4.90 Å². The van der Waals surface area contributed by atoms with Gasteiger partial charge in [-0.1, -0.05) is 47.5 Å². The largest absolute Gasteiger partial charge is 0.448 e. The van der Waals surface area contributed by atoms with Gasteiger partial charge in [-0.2, -0.15) is 0 Å². The zero-order chi connectivity index (χ0) is 18.3. The lowest BCUT2D eigenvalue weighted by Crippen LogP contribution is -2.49. The van der Waals surface area contributed by atoms with Crippen LogP contribution in [0.5, 0.6) is 0 Å². The van der Waals surface area contributed by atoms with Gasteiger partial charge in [-0.3, -0.25) is 4.79 Å². The minimum Gasteiger partial charge on any atom is -0.448 e. The van der Waals surface area contributed by atoms with Gasteiger partial charge in [0.05, 0.1) is 6.04 Å². The summed E-state index contributed by atoms with van der Waals surface area (Å²) >= 11 is 12.2. The van der Waals surface area contributed by atoms with Crippen LogP contribution in [0, 0.1) is 5.92 Å². The molecule has 1 aliphatic heterocycles. The number of cyclic esters (lactones) is 1. The molecule has 1 saturated carbocycles. The van der Waals surface area contributed by atoms with Gasteiger partial charge < -0.3 is 9.64 Å². The first-order valence-corrected chi connectivity index (χ1v) is 9.31. The Labute approximate surface area is 161 Å². The first-order valence-electron chi connectivity index (χ1n) is 8.55. The van der Waals surface area contributed by atoms with Crippen molar-refractivity contribution in [3.63, 3.8) is 0 Å². The van der Waals surface area contributed by atoms with Crippen LogP contribution in [0.15, 0.2) is 48.5 Å². The van der Waals surface area contributed by atoms with Crippen molar-refractivity contribution in [2.24, 2.45) is 5.92 Å². The third-order valence-electron chi connectivity index (χ3n) is 4.83. The second-order valence-electron chi connectivity index (χ2n) is 6.78.